The molecule has 0 spiro atoms. The first-order chi connectivity index (χ1) is 16.4. The van der Waals surface area contributed by atoms with Crippen molar-refractivity contribution in [3.63, 3.8) is 0 Å². The number of fused-ring (bicyclic) bond motifs is 1. The van der Waals surface area contributed by atoms with Crippen molar-refractivity contribution in [3.05, 3.63) is 35.4 Å². The number of carbonyl (C=O) groups is 4. The lowest BCUT2D eigenvalue weighted by Gasteiger charge is -2.46. The number of imide groups is 1. The van der Waals surface area contributed by atoms with Crippen LogP contribution in [0.5, 0.6) is 0 Å². The molecule has 9 heteroatoms. The van der Waals surface area contributed by atoms with Crippen LogP contribution in [0.4, 0.5) is 9.59 Å². The van der Waals surface area contributed by atoms with Crippen LogP contribution in [0.3, 0.4) is 0 Å². The van der Waals surface area contributed by atoms with E-state index in [1.54, 1.807) is 24.3 Å². The van der Waals surface area contributed by atoms with E-state index in [2.05, 4.69) is 10.6 Å². The minimum Gasteiger partial charge on any atom is -0.465 e. The monoisotopic (exact) mass is 487 g/mol. The maximum Gasteiger partial charge on any atom is 0.407 e. The van der Waals surface area contributed by atoms with Crippen molar-refractivity contribution >= 4 is 24.0 Å². The van der Waals surface area contributed by atoms with Crippen molar-refractivity contribution in [2.24, 2.45) is 11.3 Å². The number of benzene rings is 1. The molecule has 2 aliphatic rings. The first-order valence-electron chi connectivity index (χ1n) is 12.4. The summed E-state index contributed by atoms with van der Waals surface area (Å²) < 4.78 is 5.32. The molecule has 1 aliphatic heterocycles. The van der Waals surface area contributed by atoms with Gasteiger partial charge in [-0.3, -0.25) is 14.5 Å². The van der Waals surface area contributed by atoms with Crippen LogP contribution < -0.4 is 10.6 Å². The molecule has 3 N–H and O–H groups in total. The standard InChI is InChI=1S/C26H37N3O6/c1-5-20(28-23(32)33)17(16-29-21(30)18-9-6-7-10-19(18)22(29)31)15-26(11-8-12-26)13-14-27-24(34)35-25(2,3)4/h6-7,9-10,17,20,28H,5,8,11-16H2,1-4H3,(H,27,34)(H,32,33)/t17?,20-/m1/s1. The Labute approximate surface area is 206 Å². The van der Waals surface area contributed by atoms with E-state index in [1.165, 1.54) is 4.90 Å². The summed E-state index contributed by atoms with van der Waals surface area (Å²) in [5.41, 5.74) is 0.101. The van der Waals surface area contributed by atoms with Crippen molar-refractivity contribution in [3.8, 4) is 0 Å². The van der Waals surface area contributed by atoms with E-state index in [4.69, 9.17) is 4.74 Å². The topological polar surface area (TPSA) is 125 Å². The number of alkyl carbamates (subject to hydrolysis) is 1. The summed E-state index contributed by atoms with van der Waals surface area (Å²) in [4.78, 5) is 50.8. The summed E-state index contributed by atoms with van der Waals surface area (Å²) in [5, 5.41) is 14.8. The number of nitrogens with zero attached hydrogens (tertiary/aromatic N) is 1. The van der Waals surface area contributed by atoms with E-state index in [-0.39, 0.29) is 29.7 Å². The van der Waals surface area contributed by atoms with E-state index < -0.39 is 23.8 Å². The van der Waals surface area contributed by atoms with Gasteiger partial charge in [0.25, 0.3) is 11.8 Å². The molecule has 0 bridgehead atoms. The molecule has 192 valence electrons. The second-order valence-corrected chi connectivity index (χ2v) is 10.7. The molecule has 2 atom stereocenters. The molecule has 3 rings (SSSR count). The summed E-state index contributed by atoms with van der Waals surface area (Å²) >= 11 is 0. The second kappa shape index (κ2) is 10.7. The van der Waals surface area contributed by atoms with Crippen molar-refractivity contribution in [1.82, 2.24) is 15.5 Å². The van der Waals surface area contributed by atoms with E-state index >= 15 is 0 Å². The summed E-state index contributed by atoms with van der Waals surface area (Å²) in [5.74, 6) is -0.926. The Morgan fingerprint density at radius 2 is 1.74 bits per heavy atom. The molecule has 1 heterocycles. The number of nitrogens with one attached hydrogen (secondary N) is 2. The zero-order valence-corrected chi connectivity index (χ0v) is 21.1. The number of ether oxygens (including phenoxy) is 1. The van der Waals surface area contributed by atoms with E-state index in [0.29, 0.717) is 36.9 Å². The molecule has 1 unspecified atom stereocenters. The molecule has 4 amide bonds. The van der Waals surface area contributed by atoms with Gasteiger partial charge in [0.2, 0.25) is 0 Å². The highest BCUT2D eigenvalue weighted by Crippen LogP contribution is 2.49. The van der Waals surface area contributed by atoms with Crippen molar-refractivity contribution in [2.75, 3.05) is 13.1 Å². The molecule has 0 radical (unpaired) electrons. The number of hydrogen-bond acceptors (Lipinski definition) is 5. The fourth-order valence-corrected chi connectivity index (χ4v) is 5.22. The van der Waals surface area contributed by atoms with Gasteiger partial charge in [0.1, 0.15) is 5.60 Å². The summed E-state index contributed by atoms with van der Waals surface area (Å²) in [6.45, 7) is 7.91. The fraction of sp³-hybridized carbons (Fsp3) is 0.615. The molecule has 1 aliphatic carbocycles. The molecule has 0 aromatic heterocycles. The van der Waals surface area contributed by atoms with E-state index in [1.807, 2.05) is 27.7 Å². The largest absolute Gasteiger partial charge is 0.465 e. The summed E-state index contributed by atoms with van der Waals surface area (Å²) in [6.07, 6.45) is 3.26. The molecular formula is C26H37N3O6. The van der Waals surface area contributed by atoms with Crippen LogP contribution in [0.15, 0.2) is 24.3 Å². The molecule has 9 nitrogen and oxygen atoms in total. The molecule has 1 fully saturated rings. The highest BCUT2D eigenvalue weighted by Gasteiger charge is 2.43. The third-order valence-corrected chi connectivity index (χ3v) is 7.05. The van der Waals surface area contributed by atoms with Crippen LogP contribution in [0.2, 0.25) is 0 Å². The van der Waals surface area contributed by atoms with Gasteiger partial charge in [0, 0.05) is 19.1 Å². The number of carboxylic acid groups (broad SMARTS) is 1. The Bertz CT molecular complexity index is 931. The van der Waals surface area contributed by atoms with E-state index in [9.17, 15) is 24.3 Å². The van der Waals surface area contributed by atoms with Crippen LogP contribution in [-0.4, -0.2) is 58.7 Å². The summed E-state index contributed by atoms with van der Waals surface area (Å²) in [7, 11) is 0. The van der Waals surface area contributed by atoms with Crippen LogP contribution in [0, 0.1) is 11.3 Å². The van der Waals surface area contributed by atoms with Gasteiger partial charge >= 0.3 is 12.2 Å². The van der Waals surface area contributed by atoms with Crippen molar-refractivity contribution < 1.29 is 29.0 Å². The third-order valence-electron chi connectivity index (χ3n) is 7.05. The molecule has 1 aromatic carbocycles. The lowest BCUT2D eigenvalue weighted by Crippen LogP contribution is -2.49. The number of carbonyl (C=O) groups excluding carboxylic acids is 3. The van der Waals surface area contributed by atoms with Crippen LogP contribution in [-0.2, 0) is 4.74 Å². The molecule has 1 aromatic rings. The highest BCUT2D eigenvalue weighted by atomic mass is 16.6. The number of amides is 4. The number of hydrogen-bond donors (Lipinski definition) is 3. The Kier molecular flexibility index (Phi) is 8.07. The second-order valence-electron chi connectivity index (χ2n) is 10.7. The smallest absolute Gasteiger partial charge is 0.407 e. The van der Waals surface area contributed by atoms with Gasteiger partial charge in [-0.15, -0.1) is 0 Å². The average molecular weight is 488 g/mol. The van der Waals surface area contributed by atoms with Gasteiger partial charge in [-0.2, -0.15) is 0 Å². The van der Waals surface area contributed by atoms with E-state index in [0.717, 1.165) is 19.3 Å². The molecular weight excluding hydrogens is 450 g/mol. The van der Waals surface area contributed by atoms with Crippen molar-refractivity contribution in [2.45, 2.75) is 77.9 Å². The van der Waals surface area contributed by atoms with Gasteiger partial charge < -0.3 is 20.5 Å². The van der Waals surface area contributed by atoms with Crippen LogP contribution >= 0.6 is 0 Å². The minimum atomic E-state index is -1.13. The predicted molar refractivity (Wildman–Crippen MR) is 130 cm³/mol. The SMILES string of the molecule is CC[C@@H](NC(=O)O)C(CN1C(=O)c2ccccc2C1=O)CC1(CCNC(=O)OC(C)(C)C)CCC1. The predicted octanol–water partition coefficient (Wildman–Crippen LogP) is 4.42. The van der Waals surface area contributed by atoms with Crippen LogP contribution in [0.25, 0.3) is 0 Å². The Morgan fingerprint density at radius 3 is 2.20 bits per heavy atom. The number of rotatable bonds is 10. The lowest BCUT2D eigenvalue weighted by atomic mass is 9.61. The quantitative estimate of drug-likeness (QED) is 0.420. The fourth-order valence-electron chi connectivity index (χ4n) is 5.22. The normalized spacial score (nSPS) is 18.3. The molecule has 0 saturated heterocycles. The zero-order chi connectivity index (χ0) is 25.8. The molecule has 35 heavy (non-hydrogen) atoms. The first-order valence-corrected chi connectivity index (χ1v) is 12.4. The van der Waals surface area contributed by atoms with Gasteiger partial charge in [-0.05, 0) is 76.3 Å². The van der Waals surface area contributed by atoms with Gasteiger partial charge in [-0.1, -0.05) is 25.5 Å². The zero-order valence-electron chi connectivity index (χ0n) is 21.1. The molecule has 1 saturated carbocycles. The first kappa shape index (κ1) is 26.5. The minimum absolute atomic E-state index is 0.0913. The Morgan fingerprint density at radius 1 is 1.14 bits per heavy atom. The van der Waals surface area contributed by atoms with Crippen molar-refractivity contribution in [1.29, 1.82) is 0 Å². The van der Waals surface area contributed by atoms with Gasteiger partial charge in [-0.25, -0.2) is 9.59 Å². The maximum atomic E-state index is 13.0. The highest BCUT2D eigenvalue weighted by molar-refractivity contribution is 6.21. The maximum absolute atomic E-state index is 13.0. The summed E-state index contributed by atoms with van der Waals surface area (Å²) in [6, 6.07) is 6.34. The Balaban J connectivity index is 1.73. The average Bonchev–Trinajstić information content (AvgIpc) is 2.98. The third kappa shape index (κ3) is 6.52. The Hall–Kier alpha value is -3.10. The lowest BCUT2D eigenvalue weighted by molar-refractivity contribution is 0.0391. The van der Waals surface area contributed by atoms with Gasteiger partial charge in [0.15, 0.2) is 0 Å². The van der Waals surface area contributed by atoms with Crippen LogP contribution in [0.1, 0.15) is 86.9 Å². The van der Waals surface area contributed by atoms with Gasteiger partial charge in [0.05, 0.1) is 11.1 Å².